The Bertz CT molecular complexity index is 355. The van der Waals surface area contributed by atoms with Crippen LogP contribution < -0.4 is 10.2 Å². The zero-order valence-electron chi connectivity index (χ0n) is 12.0. The second kappa shape index (κ2) is 8.06. The van der Waals surface area contributed by atoms with E-state index < -0.39 is 0 Å². The van der Waals surface area contributed by atoms with Gasteiger partial charge in [-0.1, -0.05) is 6.92 Å². The van der Waals surface area contributed by atoms with Gasteiger partial charge in [0.05, 0.1) is 6.61 Å². The molecular formula is C14H25N3O. The number of anilines is 1. The van der Waals surface area contributed by atoms with Gasteiger partial charge in [0, 0.05) is 50.4 Å². The van der Waals surface area contributed by atoms with Gasteiger partial charge in [-0.05, 0) is 26.0 Å². The molecule has 0 spiro atoms. The minimum atomic E-state index is 0.736. The van der Waals surface area contributed by atoms with Crippen LogP contribution in [0, 0.1) is 6.92 Å². The molecule has 1 heterocycles. The van der Waals surface area contributed by atoms with Crippen molar-refractivity contribution in [2.24, 2.45) is 0 Å². The van der Waals surface area contributed by atoms with Crippen LogP contribution in [0.5, 0.6) is 0 Å². The molecule has 18 heavy (non-hydrogen) atoms. The standard InChI is InChI=1S/C14H25N3O/c1-5-6-15-10-13-11-16-12(2)9-14(13)17(3)7-8-18-4/h9,11,15H,5-8,10H2,1-4H3. The van der Waals surface area contributed by atoms with Gasteiger partial charge in [0.25, 0.3) is 0 Å². The summed E-state index contributed by atoms with van der Waals surface area (Å²) < 4.78 is 5.13. The molecule has 1 N–H and O–H groups in total. The van der Waals surface area contributed by atoms with Crippen LogP contribution >= 0.6 is 0 Å². The molecule has 0 saturated heterocycles. The van der Waals surface area contributed by atoms with Crippen LogP contribution in [0.2, 0.25) is 0 Å². The number of aromatic nitrogens is 1. The largest absolute Gasteiger partial charge is 0.383 e. The fourth-order valence-corrected chi connectivity index (χ4v) is 1.81. The van der Waals surface area contributed by atoms with Crippen LogP contribution in [-0.4, -0.2) is 38.8 Å². The van der Waals surface area contributed by atoms with E-state index in [1.807, 2.05) is 13.1 Å². The molecule has 0 aromatic carbocycles. The summed E-state index contributed by atoms with van der Waals surface area (Å²) in [6.07, 6.45) is 3.12. The lowest BCUT2D eigenvalue weighted by atomic mass is 10.2. The minimum Gasteiger partial charge on any atom is -0.383 e. The number of hydrogen-bond acceptors (Lipinski definition) is 4. The van der Waals surface area contributed by atoms with Crippen LogP contribution in [0.25, 0.3) is 0 Å². The van der Waals surface area contributed by atoms with E-state index in [2.05, 4.69) is 35.2 Å². The molecule has 1 aromatic rings. The highest BCUT2D eigenvalue weighted by atomic mass is 16.5. The first-order chi connectivity index (χ1) is 8.69. The molecule has 0 fully saturated rings. The number of nitrogens with zero attached hydrogens (tertiary/aromatic N) is 2. The third-order valence-corrected chi connectivity index (χ3v) is 2.88. The first kappa shape index (κ1) is 14.9. The van der Waals surface area contributed by atoms with Crippen molar-refractivity contribution in [2.75, 3.05) is 38.8 Å². The quantitative estimate of drug-likeness (QED) is 0.717. The van der Waals surface area contributed by atoms with Crippen molar-refractivity contribution in [3.8, 4) is 0 Å². The number of nitrogens with one attached hydrogen (secondary N) is 1. The Labute approximate surface area is 110 Å². The van der Waals surface area contributed by atoms with Crippen LogP contribution in [0.1, 0.15) is 24.6 Å². The van der Waals surface area contributed by atoms with E-state index in [9.17, 15) is 0 Å². The maximum Gasteiger partial charge on any atom is 0.0637 e. The SMILES string of the molecule is CCCNCc1cnc(C)cc1N(C)CCOC. The van der Waals surface area contributed by atoms with E-state index in [1.165, 1.54) is 11.3 Å². The Morgan fingerprint density at radius 2 is 2.22 bits per heavy atom. The van der Waals surface area contributed by atoms with Crippen LogP contribution in [0.15, 0.2) is 12.3 Å². The normalized spacial score (nSPS) is 10.7. The van der Waals surface area contributed by atoms with Crippen molar-refractivity contribution in [1.29, 1.82) is 0 Å². The van der Waals surface area contributed by atoms with Crippen LogP contribution in [0.3, 0.4) is 0 Å². The van der Waals surface area contributed by atoms with Crippen molar-refractivity contribution in [2.45, 2.75) is 26.8 Å². The topological polar surface area (TPSA) is 37.4 Å². The zero-order chi connectivity index (χ0) is 13.4. The number of ether oxygens (including phenoxy) is 1. The predicted octanol–water partition coefficient (Wildman–Crippen LogP) is 1.97. The average molecular weight is 251 g/mol. The maximum absolute atomic E-state index is 5.13. The van der Waals surface area contributed by atoms with Crippen molar-refractivity contribution in [1.82, 2.24) is 10.3 Å². The molecule has 102 valence electrons. The molecule has 4 nitrogen and oxygen atoms in total. The molecule has 4 heteroatoms. The van der Waals surface area contributed by atoms with Gasteiger partial charge < -0.3 is 15.0 Å². The first-order valence-corrected chi connectivity index (χ1v) is 6.55. The van der Waals surface area contributed by atoms with Crippen molar-refractivity contribution in [3.05, 3.63) is 23.5 Å². The lowest BCUT2D eigenvalue weighted by Crippen LogP contribution is -2.25. The Kier molecular flexibility index (Phi) is 6.68. The summed E-state index contributed by atoms with van der Waals surface area (Å²) in [6.45, 7) is 7.73. The highest BCUT2D eigenvalue weighted by molar-refractivity contribution is 5.53. The molecule has 0 radical (unpaired) electrons. The van der Waals surface area contributed by atoms with Gasteiger partial charge in [0.2, 0.25) is 0 Å². The third kappa shape index (κ3) is 4.63. The molecule has 1 rings (SSSR count). The number of methoxy groups -OCH3 is 1. The monoisotopic (exact) mass is 251 g/mol. The van der Waals surface area contributed by atoms with Crippen LogP contribution in [-0.2, 0) is 11.3 Å². The van der Waals surface area contributed by atoms with Gasteiger partial charge in [0.1, 0.15) is 0 Å². The molecule has 0 saturated carbocycles. The number of hydrogen-bond donors (Lipinski definition) is 1. The second-order valence-corrected chi connectivity index (χ2v) is 4.55. The average Bonchev–Trinajstić information content (AvgIpc) is 2.38. The molecule has 0 aliphatic heterocycles. The molecule has 0 bridgehead atoms. The lowest BCUT2D eigenvalue weighted by Gasteiger charge is -2.22. The Morgan fingerprint density at radius 3 is 2.89 bits per heavy atom. The van der Waals surface area contributed by atoms with Gasteiger partial charge in [-0.15, -0.1) is 0 Å². The maximum atomic E-state index is 5.13. The molecular weight excluding hydrogens is 226 g/mol. The molecule has 1 aromatic heterocycles. The summed E-state index contributed by atoms with van der Waals surface area (Å²) >= 11 is 0. The van der Waals surface area contributed by atoms with Gasteiger partial charge in [0.15, 0.2) is 0 Å². The summed E-state index contributed by atoms with van der Waals surface area (Å²) in [5.74, 6) is 0. The van der Waals surface area contributed by atoms with Crippen LogP contribution in [0.4, 0.5) is 5.69 Å². The highest BCUT2D eigenvalue weighted by Gasteiger charge is 2.08. The molecule has 0 aliphatic rings. The molecule has 0 aliphatic carbocycles. The fraction of sp³-hybridized carbons (Fsp3) is 0.643. The fourth-order valence-electron chi connectivity index (χ4n) is 1.81. The van der Waals surface area contributed by atoms with Gasteiger partial charge >= 0.3 is 0 Å². The van der Waals surface area contributed by atoms with Gasteiger partial charge in [-0.3, -0.25) is 4.98 Å². The number of aryl methyl sites for hydroxylation is 1. The first-order valence-electron chi connectivity index (χ1n) is 6.55. The van der Waals surface area contributed by atoms with Crippen molar-refractivity contribution >= 4 is 5.69 Å². The predicted molar refractivity (Wildman–Crippen MR) is 76.1 cm³/mol. The smallest absolute Gasteiger partial charge is 0.0637 e. The number of rotatable bonds is 8. The Hall–Kier alpha value is -1.13. The van der Waals surface area contributed by atoms with E-state index in [0.717, 1.165) is 38.4 Å². The van der Waals surface area contributed by atoms with E-state index in [-0.39, 0.29) is 0 Å². The summed E-state index contributed by atoms with van der Waals surface area (Å²) in [6, 6.07) is 2.14. The van der Waals surface area contributed by atoms with E-state index in [0.29, 0.717) is 0 Å². The van der Waals surface area contributed by atoms with Crippen molar-refractivity contribution < 1.29 is 4.74 Å². The second-order valence-electron chi connectivity index (χ2n) is 4.55. The van der Waals surface area contributed by atoms with Gasteiger partial charge in [-0.25, -0.2) is 0 Å². The van der Waals surface area contributed by atoms with E-state index in [4.69, 9.17) is 4.74 Å². The number of pyridine rings is 1. The molecule has 0 unspecified atom stereocenters. The lowest BCUT2D eigenvalue weighted by molar-refractivity contribution is 0.206. The Morgan fingerprint density at radius 1 is 1.44 bits per heavy atom. The summed E-state index contributed by atoms with van der Waals surface area (Å²) in [5.41, 5.74) is 3.53. The van der Waals surface area contributed by atoms with Gasteiger partial charge in [-0.2, -0.15) is 0 Å². The van der Waals surface area contributed by atoms with Crippen molar-refractivity contribution in [3.63, 3.8) is 0 Å². The zero-order valence-corrected chi connectivity index (χ0v) is 12.0. The highest BCUT2D eigenvalue weighted by Crippen LogP contribution is 2.19. The minimum absolute atomic E-state index is 0.736. The van der Waals surface area contributed by atoms with E-state index >= 15 is 0 Å². The molecule has 0 amide bonds. The summed E-state index contributed by atoms with van der Waals surface area (Å²) in [7, 11) is 3.83. The molecule has 0 atom stereocenters. The summed E-state index contributed by atoms with van der Waals surface area (Å²) in [4.78, 5) is 6.61. The number of likely N-dealkylation sites (N-methyl/N-ethyl adjacent to an activating group) is 1. The summed E-state index contributed by atoms with van der Waals surface area (Å²) in [5, 5.41) is 3.42. The third-order valence-electron chi connectivity index (χ3n) is 2.88. The Balaban J connectivity index is 2.75. The van der Waals surface area contributed by atoms with E-state index in [1.54, 1.807) is 7.11 Å².